The van der Waals surface area contributed by atoms with E-state index in [0.29, 0.717) is 16.3 Å². The maximum atomic E-state index is 13.0. The van der Waals surface area contributed by atoms with E-state index >= 15 is 0 Å². The van der Waals surface area contributed by atoms with E-state index in [2.05, 4.69) is 15.6 Å². The Kier molecular flexibility index (Phi) is 7.14. The van der Waals surface area contributed by atoms with Gasteiger partial charge in [-0.1, -0.05) is 41.7 Å². The minimum Gasteiger partial charge on any atom is -0.404 e. The number of nitrogens with one attached hydrogen (secondary N) is 2. The SMILES string of the molecule is Cc1ccc(-c2ccc3nc(NC(=O)C4CC4)sc3c2)cc1/C(=C\N)C(=O)NCc1ccc(C(F)(F)F)cc1. The number of anilines is 1. The number of rotatable bonds is 7. The van der Waals surface area contributed by atoms with Crippen molar-refractivity contribution in [3.8, 4) is 11.1 Å². The maximum absolute atomic E-state index is 13.0. The third-order valence-corrected chi connectivity index (χ3v) is 7.51. The smallest absolute Gasteiger partial charge is 0.404 e. The van der Waals surface area contributed by atoms with E-state index in [4.69, 9.17) is 5.73 Å². The third kappa shape index (κ3) is 5.96. The van der Waals surface area contributed by atoms with Crippen molar-refractivity contribution in [2.75, 3.05) is 5.32 Å². The molecule has 0 unspecified atom stereocenters. The van der Waals surface area contributed by atoms with Crippen LogP contribution in [0.15, 0.2) is 66.9 Å². The zero-order valence-electron chi connectivity index (χ0n) is 20.9. The number of nitrogens with zero attached hydrogens (tertiary/aromatic N) is 1. The first-order valence-electron chi connectivity index (χ1n) is 12.3. The van der Waals surface area contributed by atoms with Gasteiger partial charge in [0.25, 0.3) is 5.91 Å². The standard InChI is InChI=1S/C29H25F3N4O2S/c1-16-2-5-19(20-8-11-24-25(13-20)39-28(35-24)36-26(37)18-6-7-18)12-22(16)23(14-33)27(38)34-15-17-3-9-21(10-4-17)29(30,31)32/h2-5,8-14,18H,6-7,15,33H2,1H3,(H,34,38)(H,35,36,37)/b23-14+. The zero-order valence-corrected chi connectivity index (χ0v) is 21.7. The molecule has 1 aliphatic carbocycles. The molecule has 200 valence electrons. The van der Waals surface area contributed by atoms with Crippen molar-refractivity contribution in [3.05, 3.63) is 89.1 Å². The van der Waals surface area contributed by atoms with Gasteiger partial charge in [0, 0.05) is 18.7 Å². The van der Waals surface area contributed by atoms with E-state index in [9.17, 15) is 22.8 Å². The lowest BCUT2D eigenvalue weighted by Crippen LogP contribution is -2.24. The molecule has 0 bridgehead atoms. The van der Waals surface area contributed by atoms with Crippen LogP contribution in [0.25, 0.3) is 26.9 Å². The lowest BCUT2D eigenvalue weighted by Gasteiger charge is -2.14. The summed E-state index contributed by atoms with van der Waals surface area (Å²) in [5, 5.41) is 6.20. The fourth-order valence-electron chi connectivity index (χ4n) is 4.18. The Labute approximate surface area is 226 Å². The second-order valence-corrected chi connectivity index (χ2v) is 10.5. The average molecular weight is 551 g/mol. The molecular formula is C29H25F3N4O2S. The molecule has 6 nitrogen and oxygen atoms in total. The molecule has 1 heterocycles. The van der Waals surface area contributed by atoms with Crippen molar-refractivity contribution in [2.45, 2.75) is 32.5 Å². The van der Waals surface area contributed by atoms with E-state index in [-0.39, 0.29) is 23.9 Å². The number of thiazole rings is 1. The van der Waals surface area contributed by atoms with E-state index in [1.54, 1.807) is 0 Å². The second kappa shape index (κ2) is 10.5. The molecule has 39 heavy (non-hydrogen) atoms. The Balaban J connectivity index is 1.33. The van der Waals surface area contributed by atoms with Gasteiger partial charge in [-0.25, -0.2) is 4.98 Å². The fourth-order valence-corrected chi connectivity index (χ4v) is 5.09. The molecule has 3 aromatic carbocycles. The van der Waals surface area contributed by atoms with Crippen molar-refractivity contribution >= 4 is 44.1 Å². The average Bonchev–Trinajstić information content (AvgIpc) is 3.69. The first-order chi connectivity index (χ1) is 18.6. The molecule has 1 saturated carbocycles. The summed E-state index contributed by atoms with van der Waals surface area (Å²) < 4.78 is 39.3. The molecule has 0 spiro atoms. The zero-order chi connectivity index (χ0) is 27.7. The quantitative estimate of drug-likeness (QED) is 0.237. The van der Waals surface area contributed by atoms with Gasteiger partial charge in [-0.15, -0.1) is 0 Å². The number of hydrogen-bond acceptors (Lipinski definition) is 5. The molecule has 10 heteroatoms. The summed E-state index contributed by atoms with van der Waals surface area (Å²) in [5.41, 5.74) is 9.93. The number of aryl methyl sites for hydroxylation is 1. The van der Waals surface area contributed by atoms with Crippen molar-refractivity contribution < 1.29 is 22.8 Å². The molecule has 1 fully saturated rings. The third-order valence-electron chi connectivity index (χ3n) is 6.57. The maximum Gasteiger partial charge on any atom is 0.416 e. The minimum atomic E-state index is -4.42. The summed E-state index contributed by atoms with van der Waals surface area (Å²) in [7, 11) is 0. The van der Waals surface area contributed by atoms with Crippen LogP contribution in [0.5, 0.6) is 0 Å². The summed E-state index contributed by atoms with van der Waals surface area (Å²) in [4.78, 5) is 29.6. The Morgan fingerprint density at radius 1 is 1.05 bits per heavy atom. The van der Waals surface area contributed by atoms with E-state index < -0.39 is 17.6 Å². The topological polar surface area (TPSA) is 97.1 Å². The van der Waals surface area contributed by atoms with Gasteiger partial charge in [-0.3, -0.25) is 9.59 Å². The fraction of sp³-hybridized carbons (Fsp3) is 0.207. The molecule has 2 amide bonds. The number of fused-ring (bicyclic) bond motifs is 1. The second-order valence-electron chi connectivity index (χ2n) is 9.45. The van der Waals surface area contributed by atoms with Crippen LogP contribution < -0.4 is 16.4 Å². The highest BCUT2D eigenvalue weighted by atomic mass is 32.1. The van der Waals surface area contributed by atoms with Crippen LogP contribution in [0.3, 0.4) is 0 Å². The molecule has 0 radical (unpaired) electrons. The highest BCUT2D eigenvalue weighted by Crippen LogP contribution is 2.35. The first kappa shape index (κ1) is 26.4. The summed E-state index contributed by atoms with van der Waals surface area (Å²) in [6, 6.07) is 16.2. The Morgan fingerprint density at radius 2 is 1.74 bits per heavy atom. The minimum absolute atomic E-state index is 0.00940. The number of halogens is 3. The lowest BCUT2D eigenvalue weighted by molar-refractivity contribution is -0.137. The van der Waals surface area contributed by atoms with Gasteiger partial charge < -0.3 is 16.4 Å². The predicted molar refractivity (Wildman–Crippen MR) is 147 cm³/mol. The van der Waals surface area contributed by atoms with Gasteiger partial charge in [0.1, 0.15) is 0 Å². The Morgan fingerprint density at radius 3 is 2.41 bits per heavy atom. The summed E-state index contributed by atoms with van der Waals surface area (Å²) in [5.74, 6) is -0.336. The molecule has 1 aliphatic rings. The summed E-state index contributed by atoms with van der Waals surface area (Å²) >= 11 is 1.41. The summed E-state index contributed by atoms with van der Waals surface area (Å²) in [6.45, 7) is 1.92. The normalized spacial score (nSPS) is 13.9. The van der Waals surface area contributed by atoms with Gasteiger partial charge in [0.05, 0.1) is 21.4 Å². The van der Waals surface area contributed by atoms with Crippen molar-refractivity contribution in [1.29, 1.82) is 0 Å². The van der Waals surface area contributed by atoms with E-state index in [0.717, 1.165) is 51.9 Å². The van der Waals surface area contributed by atoms with Crippen LogP contribution >= 0.6 is 11.3 Å². The van der Waals surface area contributed by atoms with E-state index in [1.165, 1.54) is 29.7 Å². The molecule has 0 saturated heterocycles. The number of nitrogens with two attached hydrogens (primary N) is 1. The number of carbonyl (C=O) groups is 2. The molecular weight excluding hydrogens is 525 g/mol. The van der Waals surface area contributed by atoms with Gasteiger partial charge in [-0.2, -0.15) is 13.2 Å². The molecule has 5 rings (SSSR count). The number of carbonyl (C=O) groups excluding carboxylic acids is 2. The summed E-state index contributed by atoms with van der Waals surface area (Å²) in [6.07, 6.45) is -1.35. The largest absolute Gasteiger partial charge is 0.416 e. The van der Waals surface area contributed by atoms with Crippen LogP contribution in [0.1, 0.15) is 35.1 Å². The highest BCUT2D eigenvalue weighted by Gasteiger charge is 2.30. The van der Waals surface area contributed by atoms with Crippen molar-refractivity contribution in [2.24, 2.45) is 11.7 Å². The number of hydrogen-bond donors (Lipinski definition) is 3. The van der Waals surface area contributed by atoms with Gasteiger partial charge in [0.2, 0.25) is 5.91 Å². The number of amides is 2. The van der Waals surface area contributed by atoms with Crippen LogP contribution in [0.4, 0.5) is 18.3 Å². The van der Waals surface area contributed by atoms with E-state index in [1.807, 2.05) is 43.3 Å². The molecule has 0 aliphatic heterocycles. The van der Waals surface area contributed by atoms with Crippen LogP contribution in [-0.2, 0) is 22.3 Å². The van der Waals surface area contributed by atoms with Crippen molar-refractivity contribution in [1.82, 2.24) is 10.3 Å². The predicted octanol–water partition coefficient (Wildman–Crippen LogP) is 6.26. The van der Waals surface area contributed by atoms with Gasteiger partial charge in [0.15, 0.2) is 5.13 Å². The van der Waals surface area contributed by atoms with Gasteiger partial charge in [-0.05, 0) is 77.9 Å². The van der Waals surface area contributed by atoms with Crippen LogP contribution in [0, 0.1) is 12.8 Å². The molecule has 4 N–H and O–H groups in total. The van der Waals surface area contributed by atoms with Crippen LogP contribution in [0.2, 0.25) is 0 Å². The highest BCUT2D eigenvalue weighted by molar-refractivity contribution is 7.22. The number of alkyl halides is 3. The molecule has 0 atom stereocenters. The number of aromatic nitrogens is 1. The first-order valence-corrected chi connectivity index (χ1v) is 13.1. The molecule has 1 aromatic heterocycles. The Hall–Kier alpha value is -4.18. The molecule has 4 aromatic rings. The lowest BCUT2D eigenvalue weighted by atomic mass is 9.95. The van der Waals surface area contributed by atoms with Crippen LogP contribution in [-0.4, -0.2) is 16.8 Å². The van der Waals surface area contributed by atoms with Gasteiger partial charge >= 0.3 is 6.18 Å². The Bertz CT molecular complexity index is 1590. The monoisotopic (exact) mass is 550 g/mol. The van der Waals surface area contributed by atoms with Crippen molar-refractivity contribution in [3.63, 3.8) is 0 Å². The number of benzene rings is 3.